The minimum absolute atomic E-state index is 0.0751. The quantitative estimate of drug-likeness (QED) is 0.763. The average Bonchev–Trinajstić information content (AvgIpc) is 2.45. The van der Waals surface area contributed by atoms with Crippen LogP contribution in [0.2, 0.25) is 0 Å². The molecule has 1 aromatic heterocycles. The molecule has 20 heavy (non-hydrogen) atoms. The lowest BCUT2D eigenvalue weighted by molar-refractivity contribution is 0.0948. The Bertz CT molecular complexity index is 420. The van der Waals surface area contributed by atoms with Crippen molar-refractivity contribution in [2.75, 3.05) is 32.0 Å². The number of rotatable bonds is 8. The molecule has 0 saturated heterocycles. The summed E-state index contributed by atoms with van der Waals surface area (Å²) >= 11 is 0. The number of carbonyl (C=O) groups is 1. The highest BCUT2D eigenvalue weighted by molar-refractivity contribution is 5.98. The van der Waals surface area contributed by atoms with Gasteiger partial charge in [-0.1, -0.05) is 6.92 Å². The number of nitrogens with one attached hydrogen (secondary N) is 2. The van der Waals surface area contributed by atoms with Crippen LogP contribution in [-0.4, -0.2) is 48.5 Å². The summed E-state index contributed by atoms with van der Waals surface area (Å²) in [4.78, 5) is 18.6. The van der Waals surface area contributed by atoms with Crippen LogP contribution in [0.4, 0.5) is 5.82 Å². The second-order valence-electron chi connectivity index (χ2n) is 5.16. The predicted octanol–water partition coefficient (Wildman–Crippen LogP) is 1.97. The molecule has 2 N–H and O–H groups in total. The molecule has 0 aromatic carbocycles. The number of hydrogen-bond acceptors (Lipinski definition) is 4. The van der Waals surface area contributed by atoms with Crippen molar-refractivity contribution in [2.45, 2.75) is 33.2 Å². The van der Waals surface area contributed by atoms with Gasteiger partial charge >= 0.3 is 0 Å². The smallest absolute Gasteiger partial charge is 0.255 e. The molecule has 5 heteroatoms. The molecule has 5 nitrogen and oxygen atoms in total. The fraction of sp³-hybridized carbons (Fsp3) is 0.600. The standard InChI is InChI=1S/C15H26N4O/c1-5-8-16-14-13(7-6-9-17-14)15(20)18-10-11-19(4)12(2)3/h6-7,9,12H,5,8,10-11H2,1-4H3,(H,16,17)(H,18,20). The van der Waals surface area contributed by atoms with Gasteiger partial charge in [-0.25, -0.2) is 4.98 Å². The van der Waals surface area contributed by atoms with Gasteiger partial charge in [0.2, 0.25) is 0 Å². The zero-order valence-electron chi connectivity index (χ0n) is 12.9. The first-order valence-corrected chi connectivity index (χ1v) is 7.23. The minimum Gasteiger partial charge on any atom is -0.369 e. The summed E-state index contributed by atoms with van der Waals surface area (Å²) in [7, 11) is 2.05. The molecule has 1 amide bonds. The van der Waals surface area contributed by atoms with Crippen LogP contribution in [0.25, 0.3) is 0 Å². The van der Waals surface area contributed by atoms with E-state index in [4.69, 9.17) is 0 Å². The number of anilines is 1. The van der Waals surface area contributed by atoms with Gasteiger partial charge in [-0.05, 0) is 39.4 Å². The van der Waals surface area contributed by atoms with E-state index in [0.717, 1.165) is 19.5 Å². The number of likely N-dealkylation sites (N-methyl/N-ethyl adjacent to an activating group) is 1. The maximum atomic E-state index is 12.2. The first-order valence-electron chi connectivity index (χ1n) is 7.23. The second-order valence-corrected chi connectivity index (χ2v) is 5.16. The maximum absolute atomic E-state index is 12.2. The van der Waals surface area contributed by atoms with Gasteiger partial charge in [0.05, 0.1) is 5.56 Å². The van der Waals surface area contributed by atoms with Crippen LogP contribution in [0.15, 0.2) is 18.3 Å². The average molecular weight is 278 g/mol. The molecule has 0 atom stereocenters. The maximum Gasteiger partial charge on any atom is 0.255 e. The molecule has 0 unspecified atom stereocenters. The summed E-state index contributed by atoms with van der Waals surface area (Å²) in [6, 6.07) is 4.06. The molecule has 0 aliphatic rings. The lowest BCUT2D eigenvalue weighted by Crippen LogP contribution is -2.36. The van der Waals surface area contributed by atoms with E-state index in [-0.39, 0.29) is 5.91 Å². The van der Waals surface area contributed by atoms with E-state index in [1.807, 2.05) is 0 Å². The molecule has 0 aliphatic carbocycles. The van der Waals surface area contributed by atoms with Crippen LogP contribution < -0.4 is 10.6 Å². The van der Waals surface area contributed by atoms with Crippen LogP contribution in [0, 0.1) is 0 Å². The summed E-state index contributed by atoms with van der Waals surface area (Å²) < 4.78 is 0. The number of amides is 1. The Morgan fingerprint density at radius 1 is 1.40 bits per heavy atom. The van der Waals surface area contributed by atoms with E-state index in [9.17, 15) is 4.79 Å². The van der Waals surface area contributed by atoms with E-state index in [1.165, 1.54) is 0 Å². The van der Waals surface area contributed by atoms with Gasteiger partial charge in [-0.3, -0.25) is 4.79 Å². The van der Waals surface area contributed by atoms with E-state index in [2.05, 4.69) is 48.3 Å². The number of nitrogens with zero attached hydrogens (tertiary/aromatic N) is 2. The Hall–Kier alpha value is -1.62. The normalized spacial score (nSPS) is 10.9. The Kier molecular flexibility index (Phi) is 7.01. The second kappa shape index (κ2) is 8.53. The summed E-state index contributed by atoms with van der Waals surface area (Å²) in [6.07, 6.45) is 2.69. The minimum atomic E-state index is -0.0751. The van der Waals surface area contributed by atoms with E-state index in [1.54, 1.807) is 18.3 Å². The third kappa shape index (κ3) is 5.17. The van der Waals surface area contributed by atoms with Crippen LogP contribution in [0.3, 0.4) is 0 Å². The van der Waals surface area contributed by atoms with Gasteiger partial charge in [0.15, 0.2) is 0 Å². The molecule has 0 spiro atoms. The third-order valence-electron chi connectivity index (χ3n) is 3.23. The lowest BCUT2D eigenvalue weighted by atomic mass is 10.2. The van der Waals surface area contributed by atoms with E-state index >= 15 is 0 Å². The third-order valence-corrected chi connectivity index (χ3v) is 3.23. The highest BCUT2D eigenvalue weighted by Crippen LogP contribution is 2.11. The number of aromatic nitrogens is 1. The molecule has 0 bridgehead atoms. The highest BCUT2D eigenvalue weighted by atomic mass is 16.1. The topological polar surface area (TPSA) is 57.3 Å². The summed E-state index contributed by atoms with van der Waals surface area (Å²) in [5.74, 6) is 0.581. The van der Waals surface area contributed by atoms with Gasteiger partial charge in [-0.15, -0.1) is 0 Å². The van der Waals surface area contributed by atoms with Gasteiger partial charge in [0.1, 0.15) is 5.82 Å². The van der Waals surface area contributed by atoms with Crippen LogP contribution in [-0.2, 0) is 0 Å². The highest BCUT2D eigenvalue weighted by Gasteiger charge is 2.11. The first kappa shape index (κ1) is 16.4. The Balaban J connectivity index is 2.54. The summed E-state index contributed by atoms with van der Waals surface area (Å²) in [5, 5.41) is 6.12. The van der Waals surface area contributed by atoms with Crippen LogP contribution >= 0.6 is 0 Å². The molecular formula is C15H26N4O. The molecule has 1 heterocycles. The molecule has 1 aromatic rings. The van der Waals surface area contributed by atoms with Crippen molar-refractivity contribution >= 4 is 11.7 Å². The molecule has 112 valence electrons. The molecule has 0 aliphatic heterocycles. The monoisotopic (exact) mass is 278 g/mol. The van der Waals surface area contributed by atoms with Gasteiger partial charge in [-0.2, -0.15) is 0 Å². The lowest BCUT2D eigenvalue weighted by Gasteiger charge is -2.21. The SMILES string of the molecule is CCCNc1ncccc1C(=O)NCCN(C)C(C)C. The molecule has 0 fully saturated rings. The van der Waals surface area contributed by atoms with Crippen molar-refractivity contribution in [3.63, 3.8) is 0 Å². The van der Waals surface area contributed by atoms with Crippen molar-refractivity contribution in [1.82, 2.24) is 15.2 Å². The predicted molar refractivity (Wildman–Crippen MR) is 83.1 cm³/mol. The Morgan fingerprint density at radius 2 is 2.15 bits per heavy atom. The van der Waals surface area contributed by atoms with Crippen LogP contribution in [0.5, 0.6) is 0 Å². The number of hydrogen-bond donors (Lipinski definition) is 2. The Morgan fingerprint density at radius 3 is 2.80 bits per heavy atom. The molecule has 0 saturated carbocycles. The number of carbonyl (C=O) groups excluding carboxylic acids is 1. The number of pyridine rings is 1. The molecule has 1 rings (SSSR count). The van der Waals surface area contributed by atoms with Gasteiger partial charge < -0.3 is 15.5 Å². The van der Waals surface area contributed by atoms with Gasteiger partial charge in [0.25, 0.3) is 5.91 Å². The van der Waals surface area contributed by atoms with E-state index in [0.29, 0.717) is 24.0 Å². The fourth-order valence-corrected chi connectivity index (χ4v) is 1.67. The van der Waals surface area contributed by atoms with Crippen molar-refractivity contribution in [1.29, 1.82) is 0 Å². The zero-order chi connectivity index (χ0) is 15.0. The van der Waals surface area contributed by atoms with Crippen LogP contribution in [0.1, 0.15) is 37.6 Å². The van der Waals surface area contributed by atoms with Crippen molar-refractivity contribution in [3.8, 4) is 0 Å². The van der Waals surface area contributed by atoms with Crippen molar-refractivity contribution in [2.24, 2.45) is 0 Å². The van der Waals surface area contributed by atoms with Crippen molar-refractivity contribution < 1.29 is 4.79 Å². The van der Waals surface area contributed by atoms with Gasteiger partial charge in [0, 0.05) is 31.9 Å². The van der Waals surface area contributed by atoms with Crippen molar-refractivity contribution in [3.05, 3.63) is 23.9 Å². The zero-order valence-corrected chi connectivity index (χ0v) is 12.9. The Labute approximate surface area is 121 Å². The first-order chi connectivity index (χ1) is 9.56. The molecular weight excluding hydrogens is 252 g/mol. The summed E-state index contributed by atoms with van der Waals surface area (Å²) in [6.45, 7) is 8.63. The fourth-order valence-electron chi connectivity index (χ4n) is 1.67. The molecule has 0 radical (unpaired) electrons. The largest absolute Gasteiger partial charge is 0.369 e. The van der Waals surface area contributed by atoms with E-state index < -0.39 is 0 Å². The summed E-state index contributed by atoms with van der Waals surface area (Å²) in [5.41, 5.74) is 0.605.